The van der Waals surface area contributed by atoms with Gasteiger partial charge in [-0.2, -0.15) is 0 Å². The normalized spacial score (nSPS) is 9.32. The molecule has 2 heterocycles. The Morgan fingerprint density at radius 3 is 2.95 bits per heavy atom. The quantitative estimate of drug-likeness (QED) is 0.785. The van der Waals surface area contributed by atoms with Crippen LogP contribution >= 0.6 is 0 Å². The molecule has 2 N–H and O–H groups in total. The number of aromatic nitrogens is 2. The molecule has 94 valence electrons. The van der Waals surface area contributed by atoms with Crippen LogP contribution in [-0.2, 0) is 0 Å². The number of pyridine rings is 2. The second kappa shape index (κ2) is 6.28. The fraction of sp³-hybridized carbons (Fsp3) is 0.0714. The molecule has 2 rings (SSSR count). The van der Waals surface area contributed by atoms with Gasteiger partial charge >= 0.3 is 0 Å². The maximum Gasteiger partial charge on any atom is 0.257 e. The van der Waals surface area contributed by atoms with Crippen LogP contribution in [0.2, 0.25) is 0 Å². The first-order chi connectivity index (χ1) is 9.29. The van der Waals surface area contributed by atoms with Gasteiger partial charge in [0.15, 0.2) is 0 Å². The zero-order valence-electron chi connectivity index (χ0n) is 10.00. The van der Waals surface area contributed by atoms with Crippen LogP contribution in [-0.4, -0.2) is 27.6 Å². The van der Waals surface area contributed by atoms with E-state index in [0.29, 0.717) is 16.8 Å². The van der Waals surface area contributed by atoms with Crippen molar-refractivity contribution < 1.29 is 9.90 Å². The van der Waals surface area contributed by atoms with Crippen LogP contribution in [0.4, 0.5) is 5.69 Å². The molecule has 0 fully saturated rings. The van der Waals surface area contributed by atoms with Crippen LogP contribution in [0.25, 0.3) is 0 Å². The summed E-state index contributed by atoms with van der Waals surface area (Å²) in [6.07, 6.45) is 6.17. The largest absolute Gasteiger partial charge is 0.384 e. The van der Waals surface area contributed by atoms with Crippen molar-refractivity contribution in [3.8, 4) is 11.8 Å². The van der Waals surface area contributed by atoms with Crippen molar-refractivity contribution in [2.45, 2.75) is 0 Å². The number of hydrogen-bond acceptors (Lipinski definition) is 4. The third kappa shape index (κ3) is 3.63. The lowest BCUT2D eigenvalue weighted by atomic mass is 10.2. The molecule has 0 saturated carbocycles. The Labute approximate surface area is 110 Å². The first-order valence-electron chi connectivity index (χ1n) is 5.56. The zero-order valence-corrected chi connectivity index (χ0v) is 10.00. The molecule has 0 aliphatic rings. The van der Waals surface area contributed by atoms with Crippen molar-refractivity contribution in [2.24, 2.45) is 0 Å². The lowest BCUT2D eigenvalue weighted by Crippen LogP contribution is -2.12. The molecular weight excluding hydrogens is 242 g/mol. The van der Waals surface area contributed by atoms with E-state index in [1.54, 1.807) is 30.6 Å². The Hall–Kier alpha value is -2.71. The second-order valence-corrected chi connectivity index (χ2v) is 3.62. The molecule has 5 heteroatoms. The van der Waals surface area contributed by atoms with E-state index in [-0.39, 0.29) is 12.5 Å². The smallest absolute Gasteiger partial charge is 0.257 e. The topological polar surface area (TPSA) is 75.1 Å². The molecule has 0 spiro atoms. The molecular formula is C14H11N3O2. The van der Waals surface area contributed by atoms with Crippen molar-refractivity contribution in [3.63, 3.8) is 0 Å². The third-order valence-electron chi connectivity index (χ3n) is 2.23. The zero-order chi connectivity index (χ0) is 13.5. The van der Waals surface area contributed by atoms with E-state index >= 15 is 0 Å². The third-order valence-corrected chi connectivity index (χ3v) is 2.23. The highest BCUT2D eigenvalue weighted by atomic mass is 16.2. The number of nitrogens with one attached hydrogen (secondary N) is 1. The number of carbonyl (C=O) groups excluding carboxylic acids is 1. The molecule has 0 bridgehead atoms. The highest BCUT2D eigenvalue weighted by Gasteiger charge is 2.06. The molecule has 0 aromatic carbocycles. The molecule has 1 amide bonds. The minimum atomic E-state index is -0.284. The molecule has 5 nitrogen and oxygen atoms in total. The molecule has 19 heavy (non-hydrogen) atoms. The number of carbonyl (C=O) groups is 1. The lowest BCUT2D eigenvalue weighted by Gasteiger charge is -2.04. The monoisotopic (exact) mass is 253 g/mol. The molecule has 0 unspecified atom stereocenters. The van der Waals surface area contributed by atoms with Crippen LogP contribution in [0.15, 0.2) is 43.0 Å². The number of hydrogen-bond donors (Lipinski definition) is 2. The number of anilines is 1. The fourth-order valence-corrected chi connectivity index (χ4v) is 1.41. The van der Waals surface area contributed by atoms with E-state index in [4.69, 9.17) is 5.11 Å². The van der Waals surface area contributed by atoms with E-state index in [0.717, 1.165) is 0 Å². The summed E-state index contributed by atoms with van der Waals surface area (Å²) in [6, 6.07) is 5.09. The molecule has 0 saturated heterocycles. The Balaban J connectivity index is 2.15. The standard InChI is InChI=1S/C14H11N3O2/c18-6-2-3-11-7-12(9-16-8-11)14(19)17-13-4-1-5-15-10-13/h1,4-5,7-10,18H,6H2,(H,17,19). The van der Waals surface area contributed by atoms with Gasteiger partial charge in [-0.05, 0) is 18.2 Å². The Kier molecular flexibility index (Phi) is 4.21. The summed E-state index contributed by atoms with van der Waals surface area (Å²) in [5.74, 6) is 4.92. The SMILES string of the molecule is O=C(Nc1cccnc1)c1cncc(C#CCO)c1. The second-order valence-electron chi connectivity index (χ2n) is 3.62. The van der Waals surface area contributed by atoms with Crippen LogP contribution in [0, 0.1) is 11.8 Å². The van der Waals surface area contributed by atoms with Crippen LogP contribution in [0.3, 0.4) is 0 Å². The van der Waals surface area contributed by atoms with Crippen LogP contribution < -0.4 is 5.32 Å². The van der Waals surface area contributed by atoms with E-state index in [1.807, 2.05) is 0 Å². The van der Waals surface area contributed by atoms with Gasteiger partial charge in [0.1, 0.15) is 6.61 Å². The highest BCUT2D eigenvalue weighted by molar-refractivity contribution is 6.04. The predicted octanol–water partition coefficient (Wildman–Crippen LogP) is 1.07. The van der Waals surface area contributed by atoms with Gasteiger partial charge < -0.3 is 10.4 Å². The first-order valence-corrected chi connectivity index (χ1v) is 5.56. The van der Waals surface area contributed by atoms with Crippen LogP contribution in [0.5, 0.6) is 0 Å². The van der Waals surface area contributed by atoms with Gasteiger partial charge in [0, 0.05) is 24.2 Å². The molecule has 0 aliphatic carbocycles. The van der Waals surface area contributed by atoms with Crippen molar-refractivity contribution >= 4 is 11.6 Å². The Morgan fingerprint density at radius 1 is 1.32 bits per heavy atom. The lowest BCUT2D eigenvalue weighted by molar-refractivity contribution is 0.102. The summed E-state index contributed by atoms with van der Waals surface area (Å²) >= 11 is 0. The van der Waals surface area contributed by atoms with E-state index in [9.17, 15) is 4.79 Å². The highest BCUT2D eigenvalue weighted by Crippen LogP contribution is 2.07. The minimum Gasteiger partial charge on any atom is -0.384 e. The summed E-state index contributed by atoms with van der Waals surface area (Å²) in [4.78, 5) is 19.8. The maximum absolute atomic E-state index is 12.0. The molecule has 2 aromatic heterocycles. The molecule has 0 aliphatic heterocycles. The summed E-state index contributed by atoms with van der Waals surface area (Å²) in [7, 11) is 0. The van der Waals surface area contributed by atoms with Gasteiger partial charge in [-0.3, -0.25) is 14.8 Å². The summed E-state index contributed by atoms with van der Waals surface area (Å²) in [6.45, 7) is -0.230. The number of rotatable bonds is 2. The van der Waals surface area contributed by atoms with E-state index in [1.165, 1.54) is 12.4 Å². The maximum atomic E-state index is 12.0. The van der Waals surface area contributed by atoms with Crippen molar-refractivity contribution in [2.75, 3.05) is 11.9 Å². The van der Waals surface area contributed by atoms with Crippen molar-refractivity contribution in [1.82, 2.24) is 9.97 Å². The van der Waals surface area contributed by atoms with Crippen molar-refractivity contribution in [3.05, 3.63) is 54.1 Å². The van der Waals surface area contributed by atoms with Crippen LogP contribution in [0.1, 0.15) is 15.9 Å². The van der Waals surface area contributed by atoms with E-state index in [2.05, 4.69) is 27.1 Å². The Morgan fingerprint density at radius 2 is 2.21 bits per heavy atom. The average Bonchev–Trinajstić information content (AvgIpc) is 2.46. The average molecular weight is 253 g/mol. The van der Waals surface area contributed by atoms with Gasteiger partial charge in [-0.25, -0.2) is 0 Å². The number of aliphatic hydroxyl groups excluding tert-OH is 1. The fourth-order valence-electron chi connectivity index (χ4n) is 1.41. The molecule has 2 aromatic rings. The number of amides is 1. The summed E-state index contributed by atoms with van der Waals surface area (Å²) in [5.41, 5.74) is 1.58. The molecule has 0 radical (unpaired) electrons. The molecule has 0 atom stereocenters. The van der Waals surface area contributed by atoms with Gasteiger partial charge in [0.25, 0.3) is 5.91 Å². The van der Waals surface area contributed by atoms with E-state index < -0.39 is 0 Å². The number of nitrogens with zero attached hydrogens (tertiary/aromatic N) is 2. The minimum absolute atomic E-state index is 0.230. The number of aliphatic hydroxyl groups is 1. The Bertz CT molecular complexity index is 630. The van der Waals surface area contributed by atoms with Gasteiger partial charge in [0.2, 0.25) is 0 Å². The van der Waals surface area contributed by atoms with Crippen molar-refractivity contribution in [1.29, 1.82) is 0 Å². The predicted molar refractivity (Wildman–Crippen MR) is 70.4 cm³/mol. The van der Waals surface area contributed by atoms with Gasteiger partial charge in [0.05, 0.1) is 17.4 Å². The summed E-state index contributed by atoms with van der Waals surface area (Å²) in [5, 5.41) is 11.3. The van der Waals surface area contributed by atoms with Gasteiger partial charge in [-0.1, -0.05) is 11.8 Å². The van der Waals surface area contributed by atoms with Gasteiger partial charge in [-0.15, -0.1) is 0 Å². The summed E-state index contributed by atoms with van der Waals surface area (Å²) < 4.78 is 0. The first kappa shape index (κ1) is 12.7.